The molecule has 0 aliphatic rings. The number of nitrogens with zero attached hydrogens (tertiary/aromatic N) is 1. The second kappa shape index (κ2) is 5.96. The van der Waals surface area contributed by atoms with Crippen LogP contribution >= 0.6 is 11.3 Å². The van der Waals surface area contributed by atoms with Gasteiger partial charge in [-0.3, -0.25) is 0 Å². The van der Waals surface area contributed by atoms with E-state index in [0.717, 1.165) is 16.6 Å². The van der Waals surface area contributed by atoms with E-state index in [1.807, 2.05) is 0 Å². The molecule has 0 saturated carbocycles. The molecule has 0 aliphatic heterocycles. The number of halogens is 1. The van der Waals surface area contributed by atoms with Crippen molar-refractivity contribution in [2.45, 2.75) is 24.9 Å². The number of hydrogen-bond acceptors (Lipinski definition) is 5. The van der Waals surface area contributed by atoms with E-state index >= 15 is 0 Å². The van der Waals surface area contributed by atoms with Crippen LogP contribution in [0, 0.1) is 12.7 Å². The Kier molecular flexibility index (Phi) is 4.48. The highest BCUT2D eigenvalue weighted by molar-refractivity contribution is 7.89. The second-order valence-corrected chi connectivity index (χ2v) is 6.82. The zero-order valence-corrected chi connectivity index (χ0v) is 12.4. The summed E-state index contributed by atoms with van der Waals surface area (Å²) in [5.41, 5.74) is 8.28. The van der Waals surface area contributed by atoms with Gasteiger partial charge < -0.3 is 5.73 Å². The minimum absolute atomic E-state index is 0.0239. The molecule has 5 nitrogen and oxygen atoms in total. The van der Waals surface area contributed by atoms with Gasteiger partial charge in [0, 0.05) is 18.0 Å². The van der Waals surface area contributed by atoms with Crippen molar-refractivity contribution in [2.75, 3.05) is 0 Å². The van der Waals surface area contributed by atoms with Crippen molar-refractivity contribution in [3.63, 3.8) is 0 Å². The lowest BCUT2D eigenvalue weighted by atomic mass is 10.2. The molecule has 0 amide bonds. The highest BCUT2D eigenvalue weighted by Gasteiger charge is 2.19. The van der Waals surface area contributed by atoms with E-state index in [1.165, 1.54) is 23.5 Å². The highest BCUT2D eigenvalue weighted by atomic mass is 32.2. The highest BCUT2D eigenvalue weighted by Crippen LogP contribution is 2.18. The van der Waals surface area contributed by atoms with Crippen LogP contribution in [0.2, 0.25) is 0 Å². The van der Waals surface area contributed by atoms with Crippen molar-refractivity contribution >= 4 is 21.4 Å². The lowest BCUT2D eigenvalue weighted by Crippen LogP contribution is -2.25. The molecule has 0 spiro atoms. The maximum Gasteiger partial charge on any atom is 0.241 e. The maximum absolute atomic E-state index is 13.3. The SMILES string of the molecule is Cc1ncsc1CNS(=O)(=O)c1cc(F)ccc1CN. The zero-order valence-electron chi connectivity index (χ0n) is 10.8. The average Bonchev–Trinajstić information content (AvgIpc) is 2.82. The average molecular weight is 315 g/mol. The molecule has 2 rings (SSSR count). The number of nitrogens with two attached hydrogens (primary N) is 1. The third-order valence-corrected chi connectivity index (χ3v) is 5.22. The summed E-state index contributed by atoms with van der Waals surface area (Å²) in [5, 5.41) is 0. The first-order valence-electron chi connectivity index (χ1n) is 5.81. The van der Waals surface area contributed by atoms with Crippen molar-refractivity contribution in [1.29, 1.82) is 0 Å². The molecule has 108 valence electrons. The van der Waals surface area contributed by atoms with Crippen LogP contribution in [0.1, 0.15) is 16.1 Å². The molecule has 1 aromatic carbocycles. The molecule has 0 bridgehead atoms. The van der Waals surface area contributed by atoms with Crippen molar-refractivity contribution in [1.82, 2.24) is 9.71 Å². The van der Waals surface area contributed by atoms with Gasteiger partial charge in [-0.1, -0.05) is 6.07 Å². The van der Waals surface area contributed by atoms with Gasteiger partial charge in [0.2, 0.25) is 10.0 Å². The fraction of sp³-hybridized carbons (Fsp3) is 0.250. The van der Waals surface area contributed by atoms with Crippen LogP contribution in [0.15, 0.2) is 28.6 Å². The lowest BCUT2D eigenvalue weighted by Gasteiger charge is -2.10. The summed E-state index contributed by atoms with van der Waals surface area (Å²) in [6.45, 7) is 1.95. The summed E-state index contributed by atoms with van der Waals surface area (Å²) in [7, 11) is -3.81. The van der Waals surface area contributed by atoms with E-state index in [1.54, 1.807) is 12.4 Å². The first kappa shape index (κ1) is 15.0. The van der Waals surface area contributed by atoms with Gasteiger partial charge in [-0.2, -0.15) is 0 Å². The first-order valence-corrected chi connectivity index (χ1v) is 8.17. The van der Waals surface area contributed by atoms with E-state index in [9.17, 15) is 12.8 Å². The smallest absolute Gasteiger partial charge is 0.241 e. The molecule has 8 heteroatoms. The van der Waals surface area contributed by atoms with Gasteiger partial charge in [0.15, 0.2) is 0 Å². The lowest BCUT2D eigenvalue weighted by molar-refractivity contribution is 0.576. The molecule has 3 N–H and O–H groups in total. The number of benzene rings is 1. The van der Waals surface area contributed by atoms with E-state index < -0.39 is 15.8 Å². The fourth-order valence-corrected chi connectivity index (χ4v) is 3.74. The van der Waals surface area contributed by atoms with Gasteiger partial charge in [0.1, 0.15) is 5.82 Å². The van der Waals surface area contributed by atoms with E-state index in [0.29, 0.717) is 5.56 Å². The molecule has 0 saturated heterocycles. The van der Waals surface area contributed by atoms with Crippen LogP contribution in [-0.4, -0.2) is 13.4 Å². The summed E-state index contributed by atoms with van der Waals surface area (Å²) in [4.78, 5) is 4.74. The predicted molar refractivity (Wildman–Crippen MR) is 75.2 cm³/mol. The van der Waals surface area contributed by atoms with Crippen molar-refractivity contribution < 1.29 is 12.8 Å². The summed E-state index contributed by atoms with van der Waals surface area (Å²) >= 11 is 1.36. The Labute approximate surface area is 120 Å². The quantitative estimate of drug-likeness (QED) is 0.876. The third kappa shape index (κ3) is 3.21. The fourth-order valence-electron chi connectivity index (χ4n) is 1.68. The van der Waals surface area contributed by atoms with E-state index in [4.69, 9.17) is 5.73 Å². The van der Waals surface area contributed by atoms with Crippen LogP contribution in [0.25, 0.3) is 0 Å². The molecule has 1 heterocycles. The number of nitrogens with one attached hydrogen (secondary N) is 1. The summed E-state index contributed by atoms with van der Waals surface area (Å²) in [6.07, 6.45) is 0. The van der Waals surface area contributed by atoms with Gasteiger partial charge in [-0.05, 0) is 24.6 Å². The topological polar surface area (TPSA) is 85.1 Å². The molecule has 20 heavy (non-hydrogen) atoms. The molecule has 0 radical (unpaired) electrons. The summed E-state index contributed by atoms with van der Waals surface area (Å²) < 4.78 is 40.1. The number of rotatable bonds is 5. The summed E-state index contributed by atoms with van der Waals surface area (Å²) in [5.74, 6) is -0.614. The first-order chi connectivity index (χ1) is 9.44. The molecule has 0 fully saturated rings. The van der Waals surface area contributed by atoms with Crippen molar-refractivity contribution in [3.8, 4) is 0 Å². The van der Waals surface area contributed by atoms with Crippen LogP contribution < -0.4 is 10.5 Å². The molecule has 0 aliphatic carbocycles. The molecule has 1 aromatic heterocycles. The van der Waals surface area contributed by atoms with Crippen LogP contribution in [0.5, 0.6) is 0 Å². The van der Waals surface area contributed by atoms with Gasteiger partial charge in [0.25, 0.3) is 0 Å². The second-order valence-electron chi connectivity index (χ2n) is 4.14. The van der Waals surface area contributed by atoms with Gasteiger partial charge in [-0.15, -0.1) is 11.3 Å². The standard InChI is InChI=1S/C12H14FN3O2S2/c1-8-11(19-7-15-8)6-16-20(17,18)12-4-10(13)3-2-9(12)5-14/h2-4,7,16H,5-6,14H2,1H3. The van der Waals surface area contributed by atoms with Crippen LogP contribution in [-0.2, 0) is 23.1 Å². The minimum atomic E-state index is -3.81. The Morgan fingerprint density at radius 1 is 1.45 bits per heavy atom. The molecule has 0 atom stereocenters. The Morgan fingerprint density at radius 3 is 2.80 bits per heavy atom. The molecular weight excluding hydrogens is 301 g/mol. The Bertz CT molecular complexity index is 713. The van der Waals surface area contributed by atoms with Crippen molar-refractivity contribution in [2.24, 2.45) is 5.73 Å². The summed E-state index contributed by atoms with van der Waals surface area (Å²) in [6, 6.07) is 3.54. The number of aryl methyl sites for hydroxylation is 1. The molecular formula is C12H14FN3O2S2. The normalized spacial score (nSPS) is 11.8. The van der Waals surface area contributed by atoms with E-state index in [2.05, 4.69) is 9.71 Å². The third-order valence-electron chi connectivity index (χ3n) is 2.81. The van der Waals surface area contributed by atoms with Crippen LogP contribution in [0.3, 0.4) is 0 Å². The van der Waals surface area contributed by atoms with Crippen LogP contribution in [0.4, 0.5) is 4.39 Å². The Balaban J connectivity index is 2.26. The van der Waals surface area contributed by atoms with E-state index in [-0.39, 0.29) is 18.0 Å². The number of sulfonamides is 1. The number of hydrogen-bond donors (Lipinski definition) is 2. The maximum atomic E-state index is 13.3. The molecule has 0 unspecified atom stereocenters. The van der Waals surface area contributed by atoms with Gasteiger partial charge in [0.05, 0.1) is 16.1 Å². The Morgan fingerprint density at radius 2 is 2.20 bits per heavy atom. The van der Waals surface area contributed by atoms with Gasteiger partial charge in [-0.25, -0.2) is 22.5 Å². The zero-order chi connectivity index (χ0) is 14.8. The van der Waals surface area contributed by atoms with Gasteiger partial charge >= 0.3 is 0 Å². The largest absolute Gasteiger partial charge is 0.326 e. The number of thiazole rings is 1. The van der Waals surface area contributed by atoms with Crippen molar-refractivity contribution in [3.05, 3.63) is 45.7 Å². The number of aromatic nitrogens is 1. The minimum Gasteiger partial charge on any atom is -0.326 e. The molecule has 2 aromatic rings. The predicted octanol–water partition coefficient (Wildman–Crippen LogP) is 1.53. The monoisotopic (exact) mass is 315 g/mol. The Hall–Kier alpha value is -1.35.